The average Bonchev–Trinajstić information content (AvgIpc) is 2.68. The van der Waals surface area contributed by atoms with Gasteiger partial charge < -0.3 is 15.0 Å². The van der Waals surface area contributed by atoms with Crippen molar-refractivity contribution in [3.8, 4) is 5.75 Å². The van der Waals surface area contributed by atoms with E-state index < -0.39 is 0 Å². The maximum Gasteiger partial charge on any atom is 0.259 e. The molecule has 0 aliphatic rings. The zero-order valence-electron chi connectivity index (χ0n) is 16.2. The van der Waals surface area contributed by atoms with Gasteiger partial charge >= 0.3 is 0 Å². The maximum atomic E-state index is 11.6. The standard InChI is InChI=1S/C20H23ClN4O2S/c1-13-17(21)6-5-7-18(13)22-20(28)24-23-14(2)15-8-10-16(11-9-15)27-12-19(26)25(3)4/h5-11H,12H2,1-4H3,(H2,22,24,28)/b23-14-. The van der Waals surface area contributed by atoms with E-state index in [2.05, 4.69) is 15.8 Å². The number of hydrogen-bond donors (Lipinski definition) is 2. The van der Waals surface area contributed by atoms with E-state index in [1.54, 1.807) is 26.2 Å². The van der Waals surface area contributed by atoms with Crippen LogP contribution in [-0.4, -0.2) is 42.3 Å². The molecule has 0 bridgehead atoms. The number of carbonyl (C=O) groups is 1. The molecular formula is C20H23ClN4O2S. The Hall–Kier alpha value is -2.64. The first-order chi connectivity index (χ1) is 13.3. The largest absolute Gasteiger partial charge is 0.484 e. The fourth-order valence-corrected chi connectivity index (χ4v) is 2.49. The van der Waals surface area contributed by atoms with E-state index in [9.17, 15) is 4.79 Å². The molecule has 1 amide bonds. The first-order valence-electron chi connectivity index (χ1n) is 8.57. The van der Waals surface area contributed by atoms with Crippen molar-refractivity contribution < 1.29 is 9.53 Å². The normalized spacial score (nSPS) is 11.0. The minimum absolute atomic E-state index is 0.00380. The van der Waals surface area contributed by atoms with Crippen molar-refractivity contribution in [1.29, 1.82) is 0 Å². The molecule has 0 fully saturated rings. The summed E-state index contributed by atoms with van der Waals surface area (Å²) in [6.45, 7) is 3.78. The van der Waals surface area contributed by atoms with Crippen LogP contribution >= 0.6 is 23.8 Å². The number of thiocarbonyl (C=S) groups is 1. The predicted octanol–water partition coefficient (Wildman–Crippen LogP) is 3.83. The summed E-state index contributed by atoms with van der Waals surface area (Å²) in [4.78, 5) is 13.0. The van der Waals surface area contributed by atoms with E-state index in [0.29, 0.717) is 15.9 Å². The van der Waals surface area contributed by atoms with Crippen molar-refractivity contribution in [2.45, 2.75) is 13.8 Å². The van der Waals surface area contributed by atoms with Crippen molar-refractivity contribution >= 4 is 46.2 Å². The lowest BCUT2D eigenvalue weighted by Crippen LogP contribution is -2.27. The Kier molecular flexibility index (Phi) is 7.78. The van der Waals surface area contributed by atoms with Crippen LogP contribution in [0, 0.1) is 6.92 Å². The Balaban J connectivity index is 1.92. The molecule has 0 heterocycles. The highest BCUT2D eigenvalue weighted by atomic mass is 35.5. The summed E-state index contributed by atoms with van der Waals surface area (Å²) in [5.74, 6) is 0.523. The second-order valence-corrected chi connectivity index (χ2v) is 7.09. The number of carbonyl (C=O) groups excluding carboxylic acids is 1. The fraction of sp³-hybridized carbons (Fsp3) is 0.250. The molecule has 148 valence electrons. The highest BCUT2D eigenvalue weighted by Gasteiger charge is 2.06. The van der Waals surface area contributed by atoms with Crippen LogP contribution in [0.4, 0.5) is 5.69 Å². The van der Waals surface area contributed by atoms with Crippen molar-refractivity contribution in [2.24, 2.45) is 5.10 Å². The molecule has 2 rings (SSSR count). The van der Waals surface area contributed by atoms with Gasteiger partial charge in [0.25, 0.3) is 5.91 Å². The van der Waals surface area contributed by atoms with Crippen LogP contribution < -0.4 is 15.5 Å². The van der Waals surface area contributed by atoms with Crippen LogP contribution in [-0.2, 0) is 4.79 Å². The average molecular weight is 419 g/mol. The Morgan fingerprint density at radius 1 is 1.21 bits per heavy atom. The minimum atomic E-state index is -0.0954. The monoisotopic (exact) mass is 418 g/mol. The number of amides is 1. The highest BCUT2D eigenvalue weighted by Crippen LogP contribution is 2.22. The number of benzene rings is 2. The second-order valence-electron chi connectivity index (χ2n) is 6.28. The van der Waals surface area contributed by atoms with Gasteiger partial charge in [0.1, 0.15) is 5.75 Å². The van der Waals surface area contributed by atoms with Gasteiger partial charge in [-0.25, -0.2) is 0 Å². The number of nitrogens with one attached hydrogen (secondary N) is 2. The summed E-state index contributed by atoms with van der Waals surface area (Å²) in [5, 5.41) is 8.41. The summed E-state index contributed by atoms with van der Waals surface area (Å²) >= 11 is 11.4. The van der Waals surface area contributed by atoms with Gasteiger partial charge in [0.05, 0.1) is 5.71 Å². The molecule has 28 heavy (non-hydrogen) atoms. The van der Waals surface area contributed by atoms with E-state index in [1.165, 1.54) is 4.90 Å². The van der Waals surface area contributed by atoms with Gasteiger partial charge in [-0.05, 0) is 73.6 Å². The van der Waals surface area contributed by atoms with Gasteiger partial charge in [-0.15, -0.1) is 0 Å². The Morgan fingerprint density at radius 3 is 2.54 bits per heavy atom. The number of anilines is 1. The van der Waals surface area contributed by atoms with Gasteiger partial charge in [0.2, 0.25) is 0 Å². The number of rotatable bonds is 6. The van der Waals surface area contributed by atoms with E-state index >= 15 is 0 Å². The van der Waals surface area contributed by atoms with Crippen LogP contribution in [0.3, 0.4) is 0 Å². The van der Waals surface area contributed by atoms with Crippen LogP contribution in [0.2, 0.25) is 5.02 Å². The lowest BCUT2D eigenvalue weighted by atomic mass is 10.1. The lowest BCUT2D eigenvalue weighted by Gasteiger charge is -2.12. The zero-order valence-corrected chi connectivity index (χ0v) is 17.8. The van der Waals surface area contributed by atoms with Gasteiger partial charge in [0, 0.05) is 24.8 Å². The SMILES string of the molecule is C/C(=N/NC(=S)Nc1cccc(Cl)c1C)c1ccc(OCC(=O)N(C)C)cc1. The second kappa shape index (κ2) is 10.1. The van der Waals surface area contributed by atoms with E-state index in [-0.39, 0.29) is 12.5 Å². The Bertz CT molecular complexity index is 882. The molecule has 8 heteroatoms. The van der Waals surface area contributed by atoms with Crippen LogP contribution in [0.1, 0.15) is 18.1 Å². The molecule has 0 radical (unpaired) electrons. The van der Waals surface area contributed by atoms with Gasteiger partial charge in [-0.2, -0.15) is 5.10 Å². The lowest BCUT2D eigenvalue weighted by molar-refractivity contribution is -0.130. The van der Waals surface area contributed by atoms with Crippen molar-refractivity contribution in [3.63, 3.8) is 0 Å². The molecule has 2 N–H and O–H groups in total. The molecular weight excluding hydrogens is 396 g/mol. The third-order valence-electron chi connectivity index (χ3n) is 3.97. The summed E-state index contributed by atoms with van der Waals surface area (Å²) < 4.78 is 5.46. The Labute approximate surface area is 175 Å². The molecule has 0 saturated heterocycles. The number of hydrazone groups is 1. The minimum Gasteiger partial charge on any atom is -0.484 e. The van der Waals surface area contributed by atoms with Crippen LogP contribution in [0.5, 0.6) is 5.75 Å². The summed E-state index contributed by atoms with van der Waals surface area (Å²) in [5.41, 5.74) is 6.22. The van der Waals surface area contributed by atoms with E-state index in [1.807, 2.05) is 44.2 Å². The number of ether oxygens (including phenoxy) is 1. The molecule has 2 aromatic carbocycles. The molecule has 0 spiro atoms. The molecule has 0 unspecified atom stereocenters. The van der Waals surface area contributed by atoms with Crippen LogP contribution in [0.15, 0.2) is 47.6 Å². The molecule has 0 saturated carbocycles. The molecule has 6 nitrogen and oxygen atoms in total. The summed E-state index contributed by atoms with van der Waals surface area (Å²) in [6, 6.07) is 12.9. The summed E-state index contributed by atoms with van der Waals surface area (Å²) in [6.07, 6.45) is 0. The van der Waals surface area contributed by atoms with Crippen molar-refractivity contribution in [2.75, 3.05) is 26.0 Å². The van der Waals surface area contributed by atoms with Gasteiger partial charge in [-0.3, -0.25) is 10.2 Å². The number of nitrogens with zero attached hydrogens (tertiary/aromatic N) is 2. The third-order valence-corrected chi connectivity index (χ3v) is 4.58. The van der Waals surface area contributed by atoms with E-state index in [0.717, 1.165) is 22.5 Å². The topological polar surface area (TPSA) is 66.0 Å². The predicted molar refractivity (Wildman–Crippen MR) is 118 cm³/mol. The Morgan fingerprint density at radius 2 is 1.89 bits per heavy atom. The summed E-state index contributed by atoms with van der Waals surface area (Å²) in [7, 11) is 3.38. The molecule has 0 aliphatic carbocycles. The number of halogens is 1. The first-order valence-corrected chi connectivity index (χ1v) is 9.36. The van der Waals surface area contributed by atoms with Crippen molar-refractivity contribution in [3.05, 3.63) is 58.6 Å². The highest BCUT2D eigenvalue weighted by molar-refractivity contribution is 7.80. The quantitative estimate of drug-likeness (QED) is 0.424. The van der Waals surface area contributed by atoms with E-state index in [4.69, 9.17) is 28.6 Å². The van der Waals surface area contributed by atoms with Crippen molar-refractivity contribution in [1.82, 2.24) is 10.3 Å². The third kappa shape index (κ3) is 6.21. The van der Waals surface area contributed by atoms with Gasteiger partial charge in [-0.1, -0.05) is 17.7 Å². The molecule has 0 aliphatic heterocycles. The van der Waals surface area contributed by atoms with Gasteiger partial charge in [0.15, 0.2) is 11.7 Å². The molecule has 0 atom stereocenters. The fourth-order valence-electron chi connectivity index (χ4n) is 2.16. The van der Waals surface area contributed by atoms with Crippen LogP contribution in [0.25, 0.3) is 0 Å². The first kappa shape index (κ1) is 21.7. The molecule has 0 aromatic heterocycles. The maximum absolute atomic E-state index is 11.6. The number of hydrogen-bond acceptors (Lipinski definition) is 4. The zero-order chi connectivity index (χ0) is 20.7. The molecule has 2 aromatic rings. The smallest absolute Gasteiger partial charge is 0.259 e. The number of likely N-dealkylation sites (N-methyl/N-ethyl adjacent to an activating group) is 1.